The fraction of sp³-hybridized carbons (Fsp3) is 0. The Labute approximate surface area is 122 Å². The average molecular weight is 313 g/mol. The first-order valence-electron chi connectivity index (χ1n) is 5.42. The Balaban J connectivity index is 2.33. The third kappa shape index (κ3) is 3.60. The number of hydrogen-bond donors (Lipinski definition) is 0. The minimum atomic E-state index is -3.46. The first kappa shape index (κ1) is 14.1. The molecule has 2 aromatic rings. The van der Waals surface area contributed by atoms with Gasteiger partial charge in [0.1, 0.15) is 0 Å². The van der Waals surface area contributed by atoms with Crippen LogP contribution in [0, 0.1) is 0 Å². The third-order valence-corrected chi connectivity index (χ3v) is 4.45. The lowest BCUT2D eigenvalue weighted by molar-refractivity contribution is 0.605. The Morgan fingerprint density at radius 3 is 2.26 bits per heavy atom. The molecule has 0 spiro atoms. The van der Waals surface area contributed by atoms with Gasteiger partial charge in [0.25, 0.3) is 0 Å². The largest absolute Gasteiger partial charge is 0.219 e. The van der Waals surface area contributed by atoms with Crippen LogP contribution in [0.25, 0.3) is 6.08 Å². The molecule has 0 saturated heterocycles. The molecule has 0 unspecified atom stereocenters. The summed E-state index contributed by atoms with van der Waals surface area (Å²) in [6.07, 6.45) is 1.46. The summed E-state index contributed by atoms with van der Waals surface area (Å²) in [4.78, 5) is 0.247. The van der Waals surface area contributed by atoms with Crippen molar-refractivity contribution in [1.29, 1.82) is 0 Å². The van der Waals surface area contributed by atoms with Gasteiger partial charge in [-0.05, 0) is 35.9 Å². The Morgan fingerprint density at radius 1 is 0.947 bits per heavy atom. The van der Waals surface area contributed by atoms with Crippen molar-refractivity contribution in [2.45, 2.75) is 4.90 Å². The first-order valence-corrected chi connectivity index (χ1v) is 7.72. The molecule has 0 aliphatic carbocycles. The summed E-state index contributed by atoms with van der Waals surface area (Å²) >= 11 is 11.7. The highest BCUT2D eigenvalue weighted by atomic mass is 35.5. The fourth-order valence-corrected chi connectivity index (χ4v) is 2.98. The van der Waals surface area contributed by atoms with E-state index in [1.165, 1.54) is 6.08 Å². The Hall–Kier alpha value is -1.29. The van der Waals surface area contributed by atoms with Gasteiger partial charge in [-0.15, -0.1) is 0 Å². The molecule has 0 aliphatic rings. The zero-order valence-corrected chi connectivity index (χ0v) is 12.1. The standard InChI is InChI=1S/C14H10Cl2O2S/c15-12-7-6-11(14(16)10-12)8-9-19(17,18)13-4-2-1-3-5-13/h1-10H/b9-8+. The molecule has 2 nitrogen and oxygen atoms in total. The molecule has 0 bridgehead atoms. The second-order valence-corrected chi connectivity index (χ2v) is 6.50. The highest BCUT2D eigenvalue weighted by Gasteiger charge is 2.09. The van der Waals surface area contributed by atoms with Gasteiger partial charge in [0.2, 0.25) is 0 Å². The van der Waals surface area contributed by atoms with Gasteiger partial charge in [-0.1, -0.05) is 47.5 Å². The van der Waals surface area contributed by atoms with Crippen LogP contribution in [0.4, 0.5) is 0 Å². The number of sulfone groups is 1. The molecular weight excluding hydrogens is 303 g/mol. The monoisotopic (exact) mass is 312 g/mol. The van der Waals surface area contributed by atoms with Crippen molar-refractivity contribution in [1.82, 2.24) is 0 Å². The quantitative estimate of drug-likeness (QED) is 0.839. The van der Waals surface area contributed by atoms with Crippen molar-refractivity contribution in [3.05, 3.63) is 69.5 Å². The molecule has 0 amide bonds. The zero-order chi connectivity index (χ0) is 13.9. The van der Waals surface area contributed by atoms with E-state index in [-0.39, 0.29) is 4.90 Å². The minimum absolute atomic E-state index is 0.247. The van der Waals surface area contributed by atoms with Gasteiger partial charge in [0.05, 0.1) is 4.90 Å². The average Bonchev–Trinajstić information content (AvgIpc) is 2.39. The highest BCUT2D eigenvalue weighted by molar-refractivity contribution is 7.94. The normalized spacial score (nSPS) is 11.9. The molecule has 0 saturated carbocycles. The first-order chi connectivity index (χ1) is 8.99. The maximum atomic E-state index is 12.0. The second kappa shape index (κ2) is 5.78. The van der Waals surface area contributed by atoms with E-state index in [0.29, 0.717) is 15.6 Å². The summed E-state index contributed by atoms with van der Waals surface area (Å²) in [5.74, 6) is 0. The van der Waals surface area contributed by atoms with E-state index < -0.39 is 9.84 Å². The van der Waals surface area contributed by atoms with Gasteiger partial charge in [-0.3, -0.25) is 0 Å². The predicted molar refractivity (Wildman–Crippen MR) is 79.1 cm³/mol. The molecule has 2 rings (SSSR count). The lowest BCUT2D eigenvalue weighted by Gasteiger charge is -2.00. The number of rotatable bonds is 3. The molecule has 19 heavy (non-hydrogen) atoms. The van der Waals surface area contributed by atoms with Crippen LogP contribution < -0.4 is 0 Å². The molecule has 0 N–H and O–H groups in total. The van der Waals surface area contributed by atoms with Crippen LogP contribution in [0.5, 0.6) is 0 Å². The van der Waals surface area contributed by atoms with Gasteiger partial charge < -0.3 is 0 Å². The molecular formula is C14H10Cl2O2S. The highest BCUT2D eigenvalue weighted by Crippen LogP contribution is 2.23. The molecule has 2 aromatic carbocycles. The van der Waals surface area contributed by atoms with Crippen LogP contribution in [0.2, 0.25) is 10.0 Å². The van der Waals surface area contributed by atoms with Gasteiger partial charge in [-0.2, -0.15) is 0 Å². The smallest absolute Gasteiger partial charge is 0.199 e. The summed E-state index contributed by atoms with van der Waals surface area (Å²) in [5, 5.41) is 2.05. The SMILES string of the molecule is O=S(=O)(/C=C/c1ccc(Cl)cc1Cl)c1ccccc1. The van der Waals surface area contributed by atoms with E-state index in [1.54, 1.807) is 48.5 Å². The van der Waals surface area contributed by atoms with Gasteiger partial charge in [0.15, 0.2) is 9.84 Å². The van der Waals surface area contributed by atoms with Crippen molar-refractivity contribution < 1.29 is 8.42 Å². The van der Waals surface area contributed by atoms with Crippen molar-refractivity contribution in [2.24, 2.45) is 0 Å². The molecule has 0 radical (unpaired) electrons. The van der Waals surface area contributed by atoms with Gasteiger partial charge in [-0.25, -0.2) is 8.42 Å². The maximum absolute atomic E-state index is 12.0. The van der Waals surface area contributed by atoms with Crippen molar-refractivity contribution in [3.63, 3.8) is 0 Å². The van der Waals surface area contributed by atoms with Crippen LogP contribution in [-0.2, 0) is 9.84 Å². The van der Waals surface area contributed by atoms with E-state index in [4.69, 9.17) is 23.2 Å². The molecule has 0 aromatic heterocycles. The van der Waals surface area contributed by atoms with Crippen molar-refractivity contribution >= 4 is 39.1 Å². The molecule has 5 heteroatoms. The Bertz CT molecular complexity index is 707. The zero-order valence-electron chi connectivity index (χ0n) is 9.75. The molecule has 98 valence electrons. The summed E-state index contributed by atoms with van der Waals surface area (Å²) < 4.78 is 24.1. The lowest BCUT2D eigenvalue weighted by Crippen LogP contribution is -1.95. The van der Waals surface area contributed by atoms with E-state index in [0.717, 1.165) is 5.41 Å². The van der Waals surface area contributed by atoms with Crippen molar-refractivity contribution in [2.75, 3.05) is 0 Å². The predicted octanol–water partition coefficient (Wildman–Crippen LogP) is 4.44. The third-order valence-electron chi connectivity index (χ3n) is 2.46. The van der Waals surface area contributed by atoms with E-state index in [2.05, 4.69) is 0 Å². The van der Waals surface area contributed by atoms with Gasteiger partial charge in [0, 0.05) is 15.5 Å². The topological polar surface area (TPSA) is 34.1 Å². The van der Waals surface area contributed by atoms with E-state index in [1.807, 2.05) is 0 Å². The molecule has 0 heterocycles. The van der Waals surface area contributed by atoms with Crippen LogP contribution >= 0.6 is 23.2 Å². The summed E-state index contributed by atoms with van der Waals surface area (Å²) in [6, 6.07) is 13.1. The lowest BCUT2D eigenvalue weighted by atomic mass is 10.2. The summed E-state index contributed by atoms with van der Waals surface area (Å²) in [5.41, 5.74) is 0.602. The number of benzene rings is 2. The van der Waals surface area contributed by atoms with Crippen LogP contribution in [-0.4, -0.2) is 8.42 Å². The van der Waals surface area contributed by atoms with E-state index >= 15 is 0 Å². The number of hydrogen-bond acceptors (Lipinski definition) is 2. The fourth-order valence-electron chi connectivity index (χ4n) is 1.49. The molecule has 0 fully saturated rings. The Kier molecular flexibility index (Phi) is 4.30. The molecule has 0 atom stereocenters. The summed E-state index contributed by atoms with van der Waals surface area (Å²) in [7, 11) is -3.46. The second-order valence-electron chi connectivity index (χ2n) is 3.83. The van der Waals surface area contributed by atoms with Gasteiger partial charge >= 0.3 is 0 Å². The minimum Gasteiger partial charge on any atom is -0.219 e. The Morgan fingerprint density at radius 2 is 1.63 bits per heavy atom. The number of halogens is 2. The van der Waals surface area contributed by atoms with E-state index in [9.17, 15) is 8.42 Å². The molecule has 0 aliphatic heterocycles. The summed E-state index contributed by atoms with van der Waals surface area (Å²) in [6.45, 7) is 0. The van der Waals surface area contributed by atoms with Crippen LogP contribution in [0.3, 0.4) is 0 Å². The van der Waals surface area contributed by atoms with Crippen molar-refractivity contribution in [3.8, 4) is 0 Å². The van der Waals surface area contributed by atoms with Crippen LogP contribution in [0.1, 0.15) is 5.56 Å². The van der Waals surface area contributed by atoms with Crippen LogP contribution in [0.15, 0.2) is 58.8 Å². The maximum Gasteiger partial charge on any atom is 0.199 e.